The Labute approximate surface area is 168 Å². The first-order valence-corrected chi connectivity index (χ1v) is 11.2. The quantitative estimate of drug-likeness (QED) is 0.554. The summed E-state index contributed by atoms with van der Waals surface area (Å²) < 4.78 is 51.9. The normalized spacial score (nSPS) is 11.9. The fraction of sp³-hybridized carbons (Fsp3) is 0.111. The molecule has 0 radical (unpaired) electrons. The molecule has 0 aliphatic heterocycles. The highest BCUT2D eigenvalue weighted by atomic mass is 32.2. The van der Waals surface area contributed by atoms with Crippen LogP contribution in [0.3, 0.4) is 0 Å². The molecular weight excluding hydrogens is 418 g/mol. The average molecular weight is 437 g/mol. The van der Waals surface area contributed by atoms with Crippen molar-refractivity contribution < 1.29 is 26.4 Å². The molecule has 0 unspecified atom stereocenters. The van der Waals surface area contributed by atoms with Crippen molar-refractivity contribution >= 4 is 43.6 Å². The summed E-state index contributed by atoms with van der Waals surface area (Å²) in [5, 5.41) is 2.51. The lowest BCUT2D eigenvalue weighted by Crippen LogP contribution is -2.28. The lowest BCUT2D eigenvalue weighted by atomic mass is 10.2. The van der Waals surface area contributed by atoms with Crippen LogP contribution in [0, 0.1) is 0 Å². The Hall–Kier alpha value is -3.02. The van der Waals surface area contributed by atoms with Crippen LogP contribution in [0.1, 0.15) is 12.5 Å². The van der Waals surface area contributed by atoms with E-state index in [4.69, 9.17) is 0 Å². The van der Waals surface area contributed by atoms with Gasteiger partial charge in [0, 0.05) is 18.7 Å². The van der Waals surface area contributed by atoms with Crippen LogP contribution < -0.4 is 14.8 Å². The monoisotopic (exact) mass is 437 g/mol. The van der Waals surface area contributed by atoms with Crippen LogP contribution in [0.15, 0.2) is 64.4 Å². The van der Waals surface area contributed by atoms with Gasteiger partial charge in [0.05, 0.1) is 9.79 Å². The molecule has 11 heteroatoms. The Bertz CT molecular complexity index is 1140. The van der Waals surface area contributed by atoms with Gasteiger partial charge in [0.15, 0.2) is 0 Å². The first-order valence-electron chi connectivity index (χ1n) is 8.19. The van der Waals surface area contributed by atoms with Crippen molar-refractivity contribution in [2.75, 3.05) is 12.4 Å². The topological polar surface area (TPSA) is 139 Å². The number of nitrogens with one attached hydrogen (secondary N) is 3. The lowest BCUT2D eigenvalue weighted by Gasteiger charge is -2.06. The van der Waals surface area contributed by atoms with Gasteiger partial charge in [0.2, 0.25) is 15.9 Å². The second-order valence-electron chi connectivity index (χ2n) is 5.79. The van der Waals surface area contributed by atoms with Crippen LogP contribution in [0.2, 0.25) is 0 Å². The molecule has 2 aromatic rings. The lowest BCUT2D eigenvalue weighted by molar-refractivity contribution is -0.115. The van der Waals surface area contributed by atoms with E-state index in [2.05, 4.69) is 10.0 Å². The number of rotatable bonds is 7. The van der Waals surface area contributed by atoms with E-state index in [0.717, 1.165) is 6.08 Å². The molecule has 0 aliphatic rings. The molecule has 2 rings (SSSR count). The van der Waals surface area contributed by atoms with Gasteiger partial charge in [-0.25, -0.2) is 26.3 Å². The Morgan fingerprint density at radius 3 is 1.86 bits per heavy atom. The van der Waals surface area contributed by atoms with Crippen LogP contribution in [-0.2, 0) is 29.6 Å². The second-order valence-corrected chi connectivity index (χ2v) is 9.35. The van der Waals surface area contributed by atoms with Crippen LogP contribution in [-0.4, -0.2) is 35.7 Å². The number of benzene rings is 2. The maximum absolute atomic E-state index is 12.2. The molecule has 3 N–H and O–H groups in total. The summed E-state index contributed by atoms with van der Waals surface area (Å²) in [6.07, 6.45) is 2.37. The molecule has 0 atom stereocenters. The maximum Gasteiger partial charge on any atom is 0.264 e. The van der Waals surface area contributed by atoms with Gasteiger partial charge in [-0.05, 0) is 55.1 Å². The van der Waals surface area contributed by atoms with E-state index in [0.29, 0.717) is 11.3 Å². The van der Waals surface area contributed by atoms with E-state index in [1.807, 2.05) is 4.72 Å². The van der Waals surface area contributed by atoms with Gasteiger partial charge in [0.1, 0.15) is 0 Å². The van der Waals surface area contributed by atoms with E-state index in [1.54, 1.807) is 0 Å². The van der Waals surface area contributed by atoms with E-state index in [-0.39, 0.29) is 15.7 Å². The Kier molecular flexibility index (Phi) is 6.90. The number of sulfonamides is 2. The molecule has 0 saturated carbocycles. The molecule has 2 aromatic carbocycles. The van der Waals surface area contributed by atoms with Gasteiger partial charge in [-0.1, -0.05) is 12.1 Å². The number of hydrogen-bond donors (Lipinski definition) is 3. The first-order chi connectivity index (χ1) is 13.5. The zero-order valence-corrected chi connectivity index (χ0v) is 17.2. The molecule has 0 aromatic heterocycles. The minimum atomic E-state index is -4.09. The number of hydrogen-bond acceptors (Lipinski definition) is 6. The van der Waals surface area contributed by atoms with Crippen LogP contribution in [0.5, 0.6) is 0 Å². The molecule has 0 spiro atoms. The van der Waals surface area contributed by atoms with Gasteiger partial charge >= 0.3 is 0 Å². The third-order valence-electron chi connectivity index (χ3n) is 3.61. The van der Waals surface area contributed by atoms with Crippen molar-refractivity contribution in [3.63, 3.8) is 0 Å². The minimum absolute atomic E-state index is 0.0619. The summed E-state index contributed by atoms with van der Waals surface area (Å²) in [5.41, 5.74) is 0.929. The number of carbonyl (C=O) groups excluding carboxylic acids is 2. The predicted molar refractivity (Wildman–Crippen MR) is 108 cm³/mol. The number of carbonyl (C=O) groups is 2. The summed E-state index contributed by atoms with van der Waals surface area (Å²) in [7, 11) is -6.36. The molecule has 0 bridgehead atoms. The van der Waals surface area contributed by atoms with Crippen LogP contribution in [0.25, 0.3) is 6.08 Å². The second kappa shape index (κ2) is 8.99. The molecule has 2 amide bonds. The average Bonchev–Trinajstić information content (AvgIpc) is 2.66. The molecule has 154 valence electrons. The van der Waals surface area contributed by atoms with Gasteiger partial charge in [-0.2, -0.15) is 0 Å². The van der Waals surface area contributed by atoms with E-state index in [9.17, 15) is 26.4 Å². The summed E-state index contributed by atoms with van der Waals surface area (Å²) in [5.74, 6) is -1.17. The summed E-state index contributed by atoms with van der Waals surface area (Å²) in [6.45, 7) is 1.32. The van der Waals surface area contributed by atoms with E-state index in [1.165, 1.54) is 68.6 Å². The first kappa shape index (κ1) is 22.3. The van der Waals surface area contributed by atoms with Crippen molar-refractivity contribution in [1.29, 1.82) is 0 Å². The molecular formula is C18H19N3O6S2. The zero-order chi connectivity index (χ0) is 21.7. The zero-order valence-electron chi connectivity index (χ0n) is 15.5. The maximum atomic E-state index is 12.2. The van der Waals surface area contributed by atoms with E-state index < -0.39 is 26.0 Å². The molecule has 29 heavy (non-hydrogen) atoms. The SMILES string of the molecule is CNS(=O)(=O)c1ccc(C=CC(=O)NS(=O)(=O)c2ccc(NC(C)=O)cc2)cc1. The summed E-state index contributed by atoms with van der Waals surface area (Å²) >= 11 is 0. The number of amides is 2. The van der Waals surface area contributed by atoms with Gasteiger partial charge in [0.25, 0.3) is 15.9 Å². The Morgan fingerprint density at radius 2 is 1.34 bits per heavy atom. The van der Waals surface area contributed by atoms with Gasteiger partial charge in [-0.3, -0.25) is 9.59 Å². The molecule has 0 aliphatic carbocycles. The standard InChI is InChI=1S/C18H19N3O6S2/c1-13(22)20-15-6-10-17(11-7-15)29(26,27)21-18(23)12-5-14-3-8-16(9-4-14)28(24,25)19-2/h3-12,19H,1-2H3,(H,20,22)(H,21,23). The highest BCUT2D eigenvalue weighted by Gasteiger charge is 2.16. The van der Waals surface area contributed by atoms with Crippen LogP contribution in [0.4, 0.5) is 5.69 Å². The third kappa shape index (κ3) is 6.24. The molecule has 0 heterocycles. The summed E-state index contributed by atoms with van der Waals surface area (Å²) in [4.78, 5) is 22.9. The van der Waals surface area contributed by atoms with Crippen molar-refractivity contribution in [2.45, 2.75) is 16.7 Å². The van der Waals surface area contributed by atoms with Crippen molar-refractivity contribution in [1.82, 2.24) is 9.44 Å². The fourth-order valence-corrected chi connectivity index (χ4v) is 3.87. The Morgan fingerprint density at radius 1 is 0.828 bits per heavy atom. The minimum Gasteiger partial charge on any atom is -0.326 e. The highest BCUT2D eigenvalue weighted by Crippen LogP contribution is 2.14. The van der Waals surface area contributed by atoms with Crippen LogP contribution >= 0.6 is 0 Å². The molecule has 0 saturated heterocycles. The molecule has 9 nitrogen and oxygen atoms in total. The number of anilines is 1. The largest absolute Gasteiger partial charge is 0.326 e. The van der Waals surface area contributed by atoms with Gasteiger partial charge in [-0.15, -0.1) is 0 Å². The van der Waals surface area contributed by atoms with Gasteiger partial charge < -0.3 is 5.32 Å². The van der Waals surface area contributed by atoms with Crippen molar-refractivity contribution in [2.24, 2.45) is 0 Å². The van der Waals surface area contributed by atoms with Crippen molar-refractivity contribution in [3.8, 4) is 0 Å². The highest BCUT2D eigenvalue weighted by molar-refractivity contribution is 7.90. The third-order valence-corrected chi connectivity index (χ3v) is 6.40. The predicted octanol–water partition coefficient (Wildman–Crippen LogP) is 1.07. The van der Waals surface area contributed by atoms with E-state index >= 15 is 0 Å². The Balaban J connectivity index is 2.06. The fourth-order valence-electron chi connectivity index (χ4n) is 2.19. The smallest absolute Gasteiger partial charge is 0.264 e. The molecule has 0 fully saturated rings. The van der Waals surface area contributed by atoms with Crippen molar-refractivity contribution in [3.05, 3.63) is 60.2 Å². The summed E-state index contributed by atoms with van der Waals surface area (Å²) in [6, 6.07) is 11.0.